The lowest BCUT2D eigenvalue weighted by molar-refractivity contribution is -0.274. The fraction of sp³-hybridized carbons (Fsp3) is 0.407. The highest BCUT2D eigenvalue weighted by atomic mass is 19.4. The Bertz CT molecular complexity index is 1430. The molecule has 2 N–H and O–H groups in total. The molecule has 0 saturated carbocycles. The van der Waals surface area contributed by atoms with Gasteiger partial charge in [-0.25, -0.2) is 4.79 Å². The molecule has 3 aromatic rings. The molecule has 39 heavy (non-hydrogen) atoms. The second-order valence-corrected chi connectivity index (χ2v) is 10.3. The zero-order chi connectivity index (χ0) is 27.5. The average molecular weight is 544 g/mol. The van der Waals surface area contributed by atoms with Crippen molar-refractivity contribution in [1.29, 1.82) is 0 Å². The number of fused-ring (bicyclic) bond motifs is 4. The van der Waals surface area contributed by atoms with Crippen LogP contribution < -0.4 is 4.74 Å². The largest absolute Gasteiger partial charge is 0.573 e. The van der Waals surface area contributed by atoms with Gasteiger partial charge in [-0.15, -0.1) is 13.2 Å². The second-order valence-electron chi connectivity index (χ2n) is 10.3. The highest BCUT2D eigenvalue weighted by Crippen LogP contribution is 2.45. The van der Waals surface area contributed by atoms with Crippen molar-refractivity contribution in [2.75, 3.05) is 46.3 Å². The number of phenols is 1. The summed E-state index contributed by atoms with van der Waals surface area (Å²) in [6.07, 6.45) is -4.70. The SMILES string of the molecule is CN1CCN(CCN2C(=O)C3Cc4c([nH]c5ccc(OC(F)(F)F)cc45)C(c4cccc(O)c4)N3C2=O)CC1. The van der Waals surface area contributed by atoms with Gasteiger partial charge in [-0.05, 0) is 48.5 Å². The minimum atomic E-state index is -4.84. The van der Waals surface area contributed by atoms with Crippen LogP contribution in [-0.2, 0) is 11.2 Å². The quantitative estimate of drug-likeness (QED) is 0.480. The van der Waals surface area contributed by atoms with Crippen LogP contribution in [0.5, 0.6) is 11.5 Å². The number of imide groups is 1. The Kier molecular flexibility index (Phi) is 6.18. The number of aromatic amines is 1. The van der Waals surface area contributed by atoms with Crippen LogP contribution in [0.25, 0.3) is 10.9 Å². The fourth-order valence-corrected chi connectivity index (χ4v) is 5.91. The van der Waals surface area contributed by atoms with Crippen LogP contribution in [0.15, 0.2) is 42.5 Å². The van der Waals surface area contributed by atoms with Crippen LogP contribution in [0.2, 0.25) is 0 Å². The van der Waals surface area contributed by atoms with Gasteiger partial charge in [0.1, 0.15) is 23.6 Å². The van der Waals surface area contributed by atoms with Gasteiger partial charge < -0.3 is 19.7 Å². The van der Waals surface area contributed by atoms with Crippen LogP contribution in [0.1, 0.15) is 22.9 Å². The summed E-state index contributed by atoms with van der Waals surface area (Å²) in [5.41, 5.74) is 2.39. The van der Waals surface area contributed by atoms with Gasteiger partial charge in [0.25, 0.3) is 5.91 Å². The van der Waals surface area contributed by atoms with Crippen molar-refractivity contribution in [2.24, 2.45) is 0 Å². The van der Waals surface area contributed by atoms with Crippen molar-refractivity contribution in [3.63, 3.8) is 0 Å². The maximum atomic E-state index is 13.8. The smallest absolute Gasteiger partial charge is 0.508 e. The molecule has 12 heteroatoms. The Labute approximate surface area is 222 Å². The Morgan fingerprint density at radius 1 is 1.05 bits per heavy atom. The first-order valence-electron chi connectivity index (χ1n) is 12.8. The number of amides is 3. The van der Waals surface area contributed by atoms with E-state index in [-0.39, 0.29) is 30.4 Å². The molecule has 3 aliphatic rings. The zero-order valence-corrected chi connectivity index (χ0v) is 21.2. The molecule has 3 aliphatic heterocycles. The minimum Gasteiger partial charge on any atom is -0.508 e. The van der Waals surface area contributed by atoms with Gasteiger partial charge in [-0.2, -0.15) is 0 Å². The molecule has 0 bridgehead atoms. The fourth-order valence-electron chi connectivity index (χ4n) is 5.91. The number of H-pyrrole nitrogens is 1. The van der Waals surface area contributed by atoms with Crippen molar-refractivity contribution in [3.05, 3.63) is 59.3 Å². The number of carbonyl (C=O) groups excluding carboxylic acids is 2. The van der Waals surface area contributed by atoms with Crippen molar-refractivity contribution >= 4 is 22.8 Å². The maximum Gasteiger partial charge on any atom is 0.573 e. The van der Waals surface area contributed by atoms with E-state index in [4.69, 9.17) is 0 Å². The molecule has 0 aliphatic carbocycles. The van der Waals surface area contributed by atoms with Gasteiger partial charge in [0.15, 0.2) is 0 Å². The number of rotatable bonds is 5. The first kappa shape index (κ1) is 25.5. The molecular weight excluding hydrogens is 515 g/mol. The monoisotopic (exact) mass is 543 g/mol. The van der Waals surface area contributed by atoms with Crippen molar-refractivity contribution < 1.29 is 32.6 Å². The van der Waals surface area contributed by atoms with Crippen LogP contribution in [-0.4, -0.2) is 100 Å². The second kappa shape index (κ2) is 9.45. The first-order valence-corrected chi connectivity index (χ1v) is 12.8. The minimum absolute atomic E-state index is 0.00181. The maximum absolute atomic E-state index is 13.8. The topological polar surface area (TPSA) is 92.3 Å². The summed E-state index contributed by atoms with van der Waals surface area (Å²) in [6, 6.07) is 8.49. The number of alkyl halides is 3. The number of piperazine rings is 1. The van der Waals surface area contributed by atoms with Crippen LogP contribution in [0.4, 0.5) is 18.0 Å². The lowest BCUT2D eigenvalue weighted by Gasteiger charge is -2.36. The third-order valence-corrected chi connectivity index (χ3v) is 7.85. The molecule has 2 unspecified atom stereocenters. The molecule has 0 spiro atoms. The van der Waals surface area contributed by atoms with E-state index in [9.17, 15) is 27.9 Å². The van der Waals surface area contributed by atoms with E-state index in [1.54, 1.807) is 12.1 Å². The van der Waals surface area contributed by atoms with E-state index in [1.807, 2.05) is 0 Å². The van der Waals surface area contributed by atoms with E-state index in [0.717, 1.165) is 26.2 Å². The standard InChI is InChI=1S/C27H28F3N5O4/c1-32-7-9-33(10-8-32)11-12-34-25(37)22-15-20-19-14-18(39-27(28,29)30)5-6-21(19)31-23(20)24(35(22)26(34)38)16-3-2-4-17(36)13-16/h2-6,13-14,22,24,31,36H,7-12,15H2,1H3. The Morgan fingerprint density at radius 2 is 1.82 bits per heavy atom. The summed E-state index contributed by atoms with van der Waals surface area (Å²) >= 11 is 0. The van der Waals surface area contributed by atoms with Gasteiger partial charge in [0.2, 0.25) is 0 Å². The molecule has 2 atom stereocenters. The number of hydrogen-bond donors (Lipinski definition) is 2. The number of hydrogen-bond acceptors (Lipinski definition) is 6. The molecule has 4 heterocycles. The van der Waals surface area contributed by atoms with Crippen LogP contribution >= 0.6 is 0 Å². The summed E-state index contributed by atoms with van der Waals surface area (Å²) in [6.45, 7) is 4.35. The molecule has 9 nitrogen and oxygen atoms in total. The summed E-state index contributed by atoms with van der Waals surface area (Å²) in [5.74, 6) is -0.698. The van der Waals surface area contributed by atoms with E-state index in [1.165, 1.54) is 40.1 Å². The van der Waals surface area contributed by atoms with E-state index < -0.39 is 24.5 Å². The van der Waals surface area contributed by atoms with E-state index in [2.05, 4.69) is 26.6 Å². The summed E-state index contributed by atoms with van der Waals surface area (Å²) in [7, 11) is 2.06. The Morgan fingerprint density at radius 3 is 2.54 bits per heavy atom. The van der Waals surface area contributed by atoms with Gasteiger partial charge in [0, 0.05) is 62.3 Å². The number of aromatic hydroxyl groups is 1. The number of nitrogens with zero attached hydrogens (tertiary/aromatic N) is 4. The first-order chi connectivity index (χ1) is 18.6. The zero-order valence-electron chi connectivity index (χ0n) is 21.2. The summed E-state index contributed by atoms with van der Waals surface area (Å²) in [4.78, 5) is 37.9. The molecule has 6 rings (SSSR count). The molecule has 2 aromatic carbocycles. The van der Waals surface area contributed by atoms with Crippen molar-refractivity contribution in [3.8, 4) is 11.5 Å². The summed E-state index contributed by atoms with van der Waals surface area (Å²) < 4.78 is 42.9. The highest BCUT2D eigenvalue weighted by molar-refractivity contribution is 6.05. The predicted molar refractivity (Wildman–Crippen MR) is 135 cm³/mol. The molecular formula is C27H28F3N5O4. The lowest BCUT2D eigenvalue weighted by Crippen LogP contribution is -2.47. The number of phenolic OH excluding ortho intramolecular Hbond substituents is 1. The number of benzene rings is 2. The van der Waals surface area contributed by atoms with Gasteiger partial charge in [-0.1, -0.05) is 12.1 Å². The van der Waals surface area contributed by atoms with E-state index in [0.29, 0.717) is 34.3 Å². The number of ether oxygens (including phenoxy) is 1. The third kappa shape index (κ3) is 4.67. The van der Waals surface area contributed by atoms with E-state index >= 15 is 0 Å². The normalized spacial score (nSPS) is 22.5. The van der Waals surface area contributed by atoms with Crippen molar-refractivity contribution in [1.82, 2.24) is 24.6 Å². The van der Waals surface area contributed by atoms with Crippen molar-refractivity contribution in [2.45, 2.75) is 24.9 Å². The number of aromatic nitrogens is 1. The Balaban J connectivity index is 1.37. The van der Waals surface area contributed by atoms with Crippen LogP contribution in [0.3, 0.4) is 0 Å². The number of urea groups is 1. The number of halogens is 3. The predicted octanol–water partition coefficient (Wildman–Crippen LogP) is 3.30. The number of nitrogens with one attached hydrogen (secondary N) is 1. The number of carbonyl (C=O) groups is 2. The lowest BCUT2D eigenvalue weighted by atomic mass is 9.89. The van der Waals surface area contributed by atoms with Crippen LogP contribution in [0, 0.1) is 0 Å². The molecule has 0 radical (unpaired) electrons. The van der Waals surface area contributed by atoms with Gasteiger partial charge >= 0.3 is 12.4 Å². The Hall–Kier alpha value is -3.77. The highest BCUT2D eigenvalue weighted by Gasteiger charge is 2.52. The van der Waals surface area contributed by atoms with Gasteiger partial charge in [-0.3, -0.25) is 19.5 Å². The third-order valence-electron chi connectivity index (χ3n) is 7.85. The number of likely N-dealkylation sites (N-methyl/N-ethyl adjacent to an activating group) is 1. The van der Waals surface area contributed by atoms with Gasteiger partial charge in [0.05, 0.1) is 0 Å². The molecule has 206 valence electrons. The molecule has 3 amide bonds. The summed E-state index contributed by atoms with van der Waals surface area (Å²) in [5, 5.41) is 10.7. The molecule has 2 fully saturated rings. The molecule has 1 aromatic heterocycles. The average Bonchev–Trinajstić information content (AvgIpc) is 3.35. The molecule has 2 saturated heterocycles.